The molecule has 0 spiro atoms. The van der Waals surface area contributed by atoms with E-state index in [1.54, 1.807) is 30.6 Å². The maximum atomic E-state index is 13.3. The highest BCUT2D eigenvalue weighted by molar-refractivity contribution is 5.97. The van der Waals surface area contributed by atoms with Crippen molar-refractivity contribution in [3.63, 3.8) is 0 Å². The van der Waals surface area contributed by atoms with Gasteiger partial charge in [0.25, 0.3) is 0 Å². The molecular weight excluding hydrogens is 544 g/mol. The average molecular weight is 583 g/mol. The molecular formula is C33H38N6O4. The monoisotopic (exact) mass is 582 g/mol. The van der Waals surface area contributed by atoms with Gasteiger partial charge in [-0.3, -0.25) is 9.80 Å². The van der Waals surface area contributed by atoms with Crippen molar-refractivity contribution in [2.45, 2.75) is 40.3 Å². The molecule has 3 N–H and O–H groups in total. The van der Waals surface area contributed by atoms with Gasteiger partial charge in [0.1, 0.15) is 17.1 Å². The fourth-order valence-electron chi connectivity index (χ4n) is 5.33. The number of nitrogens with zero attached hydrogens (tertiary/aromatic N) is 4. The third-order valence-electron chi connectivity index (χ3n) is 7.79. The number of anilines is 1. The molecule has 10 nitrogen and oxygen atoms in total. The van der Waals surface area contributed by atoms with Crippen molar-refractivity contribution < 1.29 is 18.7 Å². The largest absolute Gasteiger partial charge is 0.480 e. The maximum Gasteiger partial charge on any atom is 0.349 e. The molecule has 0 unspecified atom stereocenters. The summed E-state index contributed by atoms with van der Waals surface area (Å²) in [6.45, 7) is 12.9. The van der Waals surface area contributed by atoms with E-state index in [0.29, 0.717) is 52.2 Å². The number of nitrogens with two attached hydrogens (primary N) is 1. The van der Waals surface area contributed by atoms with Crippen LogP contribution >= 0.6 is 0 Å². The molecule has 0 radical (unpaired) electrons. The molecule has 0 bridgehead atoms. The number of aryl methyl sites for hydroxylation is 2. The lowest BCUT2D eigenvalue weighted by Crippen LogP contribution is -2.48. The number of hydrogen-bond acceptors (Lipinski definition) is 10. The van der Waals surface area contributed by atoms with E-state index >= 15 is 0 Å². The van der Waals surface area contributed by atoms with Crippen LogP contribution in [0.5, 0.6) is 11.6 Å². The summed E-state index contributed by atoms with van der Waals surface area (Å²) >= 11 is 0. The Balaban J connectivity index is 1.43. The molecule has 1 aliphatic heterocycles. The van der Waals surface area contributed by atoms with Crippen LogP contribution in [-0.4, -0.2) is 71.3 Å². The Morgan fingerprint density at radius 2 is 1.84 bits per heavy atom. The van der Waals surface area contributed by atoms with Crippen molar-refractivity contribution in [3.05, 3.63) is 76.8 Å². The highest BCUT2D eigenvalue weighted by Gasteiger charge is 2.23. The van der Waals surface area contributed by atoms with Crippen molar-refractivity contribution >= 4 is 17.9 Å². The lowest BCUT2D eigenvalue weighted by Gasteiger charge is -2.36. The molecule has 0 amide bonds. The number of methoxy groups -OCH3 is 1. The zero-order valence-electron chi connectivity index (χ0n) is 25.3. The van der Waals surface area contributed by atoms with E-state index in [-0.39, 0.29) is 11.4 Å². The minimum Gasteiger partial charge on any atom is -0.480 e. The first-order valence-corrected chi connectivity index (χ1v) is 14.4. The molecule has 3 heterocycles. The lowest BCUT2D eigenvalue weighted by molar-refractivity contribution is 0.0729. The number of benzene rings is 2. The molecule has 2 aromatic carbocycles. The van der Waals surface area contributed by atoms with Gasteiger partial charge in [-0.05, 0) is 63.1 Å². The smallest absolute Gasteiger partial charge is 0.349 e. The molecule has 0 aliphatic carbocycles. The normalized spacial score (nSPS) is 14.2. The van der Waals surface area contributed by atoms with E-state index in [4.69, 9.17) is 25.0 Å². The highest BCUT2D eigenvalue weighted by Crippen LogP contribution is 2.34. The van der Waals surface area contributed by atoms with E-state index < -0.39 is 5.97 Å². The fourth-order valence-corrected chi connectivity index (χ4v) is 5.33. The van der Waals surface area contributed by atoms with Crippen molar-refractivity contribution in [3.8, 4) is 34.2 Å². The second kappa shape index (κ2) is 12.8. The number of ether oxygens (including phenoxy) is 2. The van der Waals surface area contributed by atoms with Gasteiger partial charge < -0.3 is 25.0 Å². The van der Waals surface area contributed by atoms with E-state index in [1.807, 2.05) is 32.0 Å². The number of nitrogens with one attached hydrogen (secondary N) is 1. The second-order valence-corrected chi connectivity index (χ2v) is 11.1. The zero-order chi connectivity index (χ0) is 30.7. The number of oxazole rings is 1. The molecule has 4 aromatic rings. The number of carbonyl (C=O) groups excluding carboxylic acids is 1. The molecule has 1 saturated heterocycles. The van der Waals surface area contributed by atoms with Gasteiger partial charge in [-0.1, -0.05) is 17.7 Å². The number of aromatic nitrogens is 2. The van der Waals surface area contributed by atoms with Crippen molar-refractivity contribution in [2.24, 2.45) is 0 Å². The topological polar surface area (TPSA) is 131 Å². The number of carbonyl (C=O) groups is 1. The van der Waals surface area contributed by atoms with Crippen LogP contribution in [-0.2, 0) is 6.54 Å². The Kier molecular flexibility index (Phi) is 8.89. The average Bonchev–Trinajstić information content (AvgIpc) is 3.46. The van der Waals surface area contributed by atoms with E-state index in [1.165, 1.54) is 13.3 Å². The number of esters is 1. The summed E-state index contributed by atoms with van der Waals surface area (Å²) in [7, 11) is 1.45. The molecule has 0 saturated carbocycles. The van der Waals surface area contributed by atoms with Crippen molar-refractivity contribution in [2.75, 3.05) is 39.0 Å². The van der Waals surface area contributed by atoms with Crippen LogP contribution in [0.1, 0.15) is 46.7 Å². The Labute approximate surface area is 252 Å². The molecule has 43 heavy (non-hydrogen) atoms. The first kappa shape index (κ1) is 29.9. The van der Waals surface area contributed by atoms with Crippen LogP contribution in [0.15, 0.2) is 53.2 Å². The van der Waals surface area contributed by atoms with E-state index in [9.17, 15) is 4.79 Å². The summed E-state index contributed by atoms with van der Waals surface area (Å²) in [4.78, 5) is 27.0. The fraction of sp³-hybridized carbons (Fsp3) is 0.333. The summed E-state index contributed by atoms with van der Waals surface area (Å²) in [5, 5.41) is 8.02. The minimum absolute atomic E-state index is 0.148. The van der Waals surface area contributed by atoms with Gasteiger partial charge in [0, 0.05) is 67.0 Å². The van der Waals surface area contributed by atoms with Crippen molar-refractivity contribution in [1.82, 2.24) is 19.8 Å². The highest BCUT2D eigenvalue weighted by atomic mass is 16.5. The van der Waals surface area contributed by atoms with Gasteiger partial charge in [-0.2, -0.15) is 0 Å². The summed E-state index contributed by atoms with van der Waals surface area (Å²) in [6.07, 6.45) is 4.53. The summed E-state index contributed by atoms with van der Waals surface area (Å²) in [5.41, 5.74) is 11.3. The molecule has 2 aromatic heterocycles. The van der Waals surface area contributed by atoms with Gasteiger partial charge in [-0.15, -0.1) is 0 Å². The summed E-state index contributed by atoms with van der Waals surface area (Å²) < 4.78 is 17.3. The molecule has 1 fully saturated rings. The molecule has 0 atom stereocenters. The Bertz CT molecular complexity index is 1640. The molecule has 224 valence electrons. The predicted octanol–water partition coefficient (Wildman–Crippen LogP) is 5.35. The van der Waals surface area contributed by atoms with Gasteiger partial charge in [0.2, 0.25) is 11.8 Å². The zero-order valence-corrected chi connectivity index (χ0v) is 25.3. The number of pyridine rings is 1. The molecule has 10 heteroatoms. The van der Waals surface area contributed by atoms with Gasteiger partial charge in [0.15, 0.2) is 0 Å². The molecule has 5 rings (SSSR count). The number of piperazine rings is 1. The van der Waals surface area contributed by atoms with Crippen LogP contribution in [0.4, 0.5) is 5.69 Å². The third-order valence-corrected chi connectivity index (χ3v) is 7.79. The van der Waals surface area contributed by atoms with Crippen LogP contribution in [0.2, 0.25) is 0 Å². The van der Waals surface area contributed by atoms with Crippen LogP contribution in [0.3, 0.4) is 0 Å². The Morgan fingerprint density at radius 3 is 2.51 bits per heavy atom. The number of nitrogen functional groups attached to an aromatic ring is 1. The van der Waals surface area contributed by atoms with Gasteiger partial charge in [-0.25, -0.2) is 14.8 Å². The van der Waals surface area contributed by atoms with E-state index in [0.717, 1.165) is 43.1 Å². The van der Waals surface area contributed by atoms with Crippen LogP contribution in [0.25, 0.3) is 22.6 Å². The number of hydrogen-bond donors (Lipinski definition) is 2. The summed E-state index contributed by atoms with van der Waals surface area (Å²) in [6, 6.07) is 11.4. The van der Waals surface area contributed by atoms with Gasteiger partial charge >= 0.3 is 5.97 Å². The first-order valence-electron chi connectivity index (χ1n) is 14.4. The Hall–Kier alpha value is -4.54. The van der Waals surface area contributed by atoms with E-state index in [2.05, 4.69) is 33.6 Å². The third kappa shape index (κ3) is 6.60. The Morgan fingerprint density at radius 1 is 1.07 bits per heavy atom. The molecule has 1 aliphatic rings. The minimum atomic E-state index is -0.589. The van der Waals surface area contributed by atoms with Crippen molar-refractivity contribution in [1.29, 1.82) is 5.41 Å². The SMILES string of the molecule is COc1ncc(-c2cc(N)c(C=N)c(-c3ncc(CN4CCN(C(C)C)CC4)o3)c2)cc1C(=O)Oc1ccc(C)cc1C. The number of rotatable bonds is 9. The lowest BCUT2D eigenvalue weighted by atomic mass is 9.97. The predicted molar refractivity (Wildman–Crippen MR) is 167 cm³/mol. The van der Waals surface area contributed by atoms with Crippen LogP contribution < -0.4 is 15.2 Å². The maximum absolute atomic E-state index is 13.3. The first-order chi connectivity index (χ1) is 20.7. The second-order valence-electron chi connectivity index (χ2n) is 11.1. The summed E-state index contributed by atoms with van der Waals surface area (Å²) in [5.74, 6) is 1.14. The van der Waals surface area contributed by atoms with Gasteiger partial charge in [0.05, 0.1) is 19.9 Å². The quantitative estimate of drug-likeness (QED) is 0.116. The standard InChI is InChI=1S/C33H38N6O4/c1-20(2)39-10-8-38(9-11-39)19-25-18-37-32(42-25)26-13-23(15-29(35)28(26)16-34)24-14-27(31(41-5)36-17-24)33(40)43-30-7-6-21(3)12-22(30)4/h6-7,12-18,20,34H,8-11,19,35H2,1-5H3. The van der Waals surface area contributed by atoms with Crippen LogP contribution in [0, 0.1) is 19.3 Å².